The van der Waals surface area contributed by atoms with Crippen molar-refractivity contribution < 1.29 is 25.9 Å². The van der Waals surface area contributed by atoms with Crippen LogP contribution >= 0.6 is 0 Å². The molecule has 0 saturated carbocycles. The Morgan fingerprint density at radius 2 is 1.47 bits per heavy atom. The highest BCUT2D eigenvalue weighted by Crippen LogP contribution is 2.03. The van der Waals surface area contributed by atoms with E-state index in [9.17, 15) is 8.42 Å². The van der Waals surface area contributed by atoms with Gasteiger partial charge in [0.1, 0.15) is 0 Å². The molecule has 0 amide bonds. The second-order valence-electron chi connectivity index (χ2n) is 3.41. The number of rotatable bonds is 5. The van der Waals surface area contributed by atoms with Gasteiger partial charge in [-0.25, -0.2) is 13.1 Å². The number of nitrogens with one attached hydrogen (secondary N) is 2. The number of hydrogen-bond donors (Lipinski definition) is 4. The van der Waals surface area contributed by atoms with Crippen molar-refractivity contribution in [3.8, 4) is 0 Å². The molecule has 8 nitrogen and oxygen atoms in total. The van der Waals surface area contributed by atoms with Crippen LogP contribution in [0.1, 0.15) is 0 Å². The Balaban J connectivity index is 0.000000555. The molecule has 0 heterocycles. The zero-order chi connectivity index (χ0) is 14.9. The molecule has 0 bridgehead atoms. The fraction of sp³-hybridized carbons (Fsp3) is 0.333. The Labute approximate surface area is 112 Å². The Bertz CT molecular complexity index is 548. The number of benzene rings is 1. The van der Waals surface area contributed by atoms with Gasteiger partial charge >= 0.3 is 10.4 Å². The molecule has 0 aliphatic heterocycles. The molecule has 19 heavy (non-hydrogen) atoms. The number of anilines is 1. The van der Waals surface area contributed by atoms with E-state index >= 15 is 0 Å². The van der Waals surface area contributed by atoms with Crippen LogP contribution < -0.4 is 10.0 Å². The first-order chi connectivity index (χ1) is 8.58. The fourth-order valence-corrected chi connectivity index (χ4v) is 1.47. The Morgan fingerprint density at radius 1 is 1.00 bits per heavy atom. The highest BCUT2D eigenvalue weighted by molar-refractivity contribution is 7.88. The van der Waals surface area contributed by atoms with E-state index in [-0.39, 0.29) is 0 Å². The lowest BCUT2D eigenvalue weighted by Gasteiger charge is -2.05. The average Bonchev–Trinajstić information content (AvgIpc) is 2.22. The van der Waals surface area contributed by atoms with Crippen molar-refractivity contribution in [2.45, 2.75) is 0 Å². The maximum Gasteiger partial charge on any atom is 0.394 e. The molecule has 1 rings (SSSR count). The minimum Gasteiger partial charge on any atom is -0.384 e. The minimum absolute atomic E-state index is 0.397. The fourth-order valence-electron chi connectivity index (χ4n) is 0.999. The Kier molecular flexibility index (Phi) is 7.56. The van der Waals surface area contributed by atoms with Crippen LogP contribution in [-0.4, -0.2) is 45.3 Å². The Hall–Kier alpha value is -1.20. The highest BCUT2D eigenvalue weighted by Gasteiger charge is 1.97. The molecule has 0 aromatic heterocycles. The third-order valence-electron chi connectivity index (χ3n) is 1.59. The van der Waals surface area contributed by atoms with Gasteiger partial charge in [-0.3, -0.25) is 9.11 Å². The van der Waals surface area contributed by atoms with Crippen LogP contribution in [0.3, 0.4) is 0 Å². The van der Waals surface area contributed by atoms with Crippen LogP contribution in [0, 0.1) is 0 Å². The number of para-hydroxylation sites is 1. The monoisotopic (exact) mass is 312 g/mol. The second-order valence-corrected chi connectivity index (χ2v) is 6.14. The third kappa shape index (κ3) is 16.8. The van der Waals surface area contributed by atoms with E-state index in [0.717, 1.165) is 11.9 Å². The molecule has 0 radical (unpaired) electrons. The van der Waals surface area contributed by atoms with E-state index < -0.39 is 20.4 Å². The van der Waals surface area contributed by atoms with Crippen LogP contribution in [0.5, 0.6) is 0 Å². The molecule has 0 unspecified atom stereocenters. The maximum absolute atomic E-state index is 10.7. The standard InChI is InChI=1S/C9H14N2O2S.H2O4S/c1-14(12,13)11-8-7-10-9-5-3-2-4-6-9;1-5(2,3)4/h2-6,10-11H,7-8H2,1H3;(H2,1,2,3,4). The van der Waals surface area contributed by atoms with E-state index in [1.165, 1.54) is 0 Å². The van der Waals surface area contributed by atoms with Crippen molar-refractivity contribution >= 4 is 26.1 Å². The van der Waals surface area contributed by atoms with Crippen LogP contribution in [0.15, 0.2) is 30.3 Å². The van der Waals surface area contributed by atoms with Crippen molar-refractivity contribution in [3.63, 3.8) is 0 Å². The first-order valence-electron chi connectivity index (χ1n) is 5.01. The van der Waals surface area contributed by atoms with Gasteiger partial charge in [0.05, 0.1) is 6.26 Å². The molecular formula is C9H16N2O6S2. The van der Waals surface area contributed by atoms with E-state index in [1.807, 2.05) is 30.3 Å². The maximum atomic E-state index is 10.7. The van der Waals surface area contributed by atoms with Crippen molar-refractivity contribution in [2.75, 3.05) is 24.7 Å². The molecular weight excluding hydrogens is 296 g/mol. The second kappa shape index (κ2) is 8.07. The van der Waals surface area contributed by atoms with Gasteiger partial charge in [-0.1, -0.05) is 18.2 Å². The van der Waals surface area contributed by atoms with E-state index in [1.54, 1.807) is 0 Å². The van der Waals surface area contributed by atoms with E-state index in [2.05, 4.69) is 10.0 Å². The zero-order valence-electron chi connectivity index (χ0n) is 10.1. The molecule has 0 aliphatic carbocycles. The van der Waals surface area contributed by atoms with Crippen LogP contribution in [0.4, 0.5) is 5.69 Å². The summed E-state index contributed by atoms with van der Waals surface area (Å²) < 4.78 is 55.4. The highest BCUT2D eigenvalue weighted by atomic mass is 32.3. The van der Waals surface area contributed by atoms with Gasteiger partial charge in [0.2, 0.25) is 10.0 Å². The molecule has 0 aliphatic rings. The van der Waals surface area contributed by atoms with Gasteiger partial charge in [0.25, 0.3) is 0 Å². The lowest BCUT2D eigenvalue weighted by Crippen LogP contribution is -2.27. The van der Waals surface area contributed by atoms with Crippen molar-refractivity contribution in [1.82, 2.24) is 4.72 Å². The summed E-state index contributed by atoms with van der Waals surface area (Å²) in [6.45, 7) is 0.977. The van der Waals surface area contributed by atoms with Crippen molar-refractivity contribution in [1.29, 1.82) is 0 Å². The first-order valence-corrected chi connectivity index (χ1v) is 8.30. The molecule has 0 fully saturated rings. The zero-order valence-corrected chi connectivity index (χ0v) is 11.8. The molecule has 0 spiro atoms. The predicted octanol–water partition coefficient (Wildman–Crippen LogP) is -0.00510. The first kappa shape index (κ1) is 17.8. The van der Waals surface area contributed by atoms with Crippen molar-refractivity contribution in [3.05, 3.63) is 30.3 Å². The van der Waals surface area contributed by atoms with E-state index in [4.69, 9.17) is 17.5 Å². The largest absolute Gasteiger partial charge is 0.394 e. The summed E-state index contributed by atoms with van der Waals surface area (Å²) in [5, 5.41) is 3.09. The normalized spacial score (nSPS) is 11.3. The molecule has 1 aromatic carbocycles. The average molecular weight is 312 g/mol. The lowest BCUT2D eigenvalue weighted by molar-refractivity contribution is 0.381. The van der Waals surface area contributed by atoms with Gasteiger partial charge in [0, 0.05) is 18.8 Å². The number of sulfonamides is 1. The minimum atomic E-state index is -4.67. The molecule has 1 aromatic rings. The summed E-state index contributed by atoms with van der Waals surface area (Å²) in [5.74, 6) is 0. The molecule has 0 saturated heterocycles. The summed E-state index contributed by atoms with van der Waals surface area (Å²) in [6.07, 6.45) is 1.15. The third-order valence-corrected chi connectivity index (χ3v) is 2.32. The SMILES string of the molecule is CS(=O)(=O)NCCNc1ccccc1.O=S(=O)(O)O. The van der Waals surface area contributed by atoms with E-state index in [0.29, 0.717) is 13.1 Å². The summed E-state index contributed by atoms with van der Waals surface area (Å²) >= 11 is 0. The summed E-state index contributed by atoms with van der Waals surface area (Å²) in [5.41, 5.74) is 0.989. The summed E-state index contributed by atoms with van der Waals surface area (Å²) in [6, 6.07) is 9.64. The molecule has 4 N–H and O–H groups in total. The van der Waals surface area contributed by atoms with Gasteiger partial charge < -0.3 is 5.32 Å². The van der Waals surface area contributed by atoms with Gasteiger partial charge in [-0.05, 0) is 12.1 Å². The van der Waals surface area contributed by atoms with Crippen LogP contribution in [0.2, 0.25) is 0 Å². The smallest absolute Gasteiger partial charge is 0.384 e. The Morgan fingerprint density at radius 3 is 1.89 bits per heavy atom. The predicted molar refractivity (Wildman–Crippen MR) is 72.0 cm³/mol. The number of hydrogen-bond acceptors (Lipinski definition) is 5. The van der Waals surface area contributed by atoms with Gasteiger partial charge in [0.15, 0.2) is 0 Å². The van der Waals surface area contributed by atoms with Gasteiger partial charge in [-0.2, -0.15) is 8.42 Å². The summed E-state index contributed by atoms with van der Waals surface area (Å²) in [4.78, 5) is 0. The lowest BCUT2D eigenvalue weighted by atomic mass is 10.3. The van der Waals surface area contributed by atoms with Gasteiger partial charge in [-0.15, -0.1) is 0 Å². The van der Waals surface area contributed by atoms with Crippen LogP contribution in [-0.2, 0) is 20.4 Å². The van der Waals surface area contributed by atoms with Crippen LogP contribution in [0.25, 0.3) is 0 Å². The molecule has 0 atom stereocenters. The molecule has 10 heteroatoms. The molecule has 110 valence electrons. The summed E-state index contributed by atoms with van der Waals surface area (Å²) in [7, 11) is -7.74. The van der Waals surface area contributed by atoms with Crippen molar-refractivity contribution in [2.24, 2.45) is 0 Å². The quantitative estimate of drug-likeness (QED) is 0.444. The topological polar surface area (TPSA) is 133 Å².